The van der Waals surface area contributed by atoms with Crippen molar-refractivity contribution in [1.29, 1.82) is 0 Å². The van der Waals surface area contributed by atoms with Crippen molar-refractivity contribution in [3.05, 3.63) is 47.7 Å². The van der Waals surface area contributed by atoms with E-state index in [9.17, 15) is 4.79 Å². The third-order valence-corrected chi connectivity index (χ3v) is 4.59. The Kier molecular flexibility index (Phi) is 5.97. The Morgan fingerprint density at radius 2 is 1.45 bits per heavy atom. The highest BCUT2D eigenvalue weighted by Gasteiger charge is 2.16. The van der Waals surface area contributed by atoms with Crippen molar-refractivity contribution < 1.29 is 28.5 Å². The fourth-order valence-electron chi connectivity index (χ4n) is 3.16. The zero-order valence-corrected chi connectivity index (χ0v) is 17.0. The molecule has 0 radical (unpaired) electrons. The van der Waals surface area contributed by atoms with Gasteiger partial charge in [-0.15, -0.1) is 0 Å². The first kappa shape index (κ1) is 20.1. The van der Waals surface area contributed by atoms with Crippen molar-refractivity contribution in [3.8, 4) is 28.7 Å². The number of rotatable bonds is 8. The molecule has 7 nitrogen and oxygen atoms in total. The number of aromatic amines is 1. The van der Waals surface area contributed by atoms with Crippen molar-refractivity contribution >= 4 is 22.8 Å². The van der Waals surface area contributed by atoms with E-state index in [1.54, 1.807) is 32.4 Å². The minimum absolute atomic E-state index is 0.195. The zero-order valence-electron chi connectivity index (χ0n) is 17.0. The predicted molar refractivity (Wildman–Crippen MR) is 111 cm³/mol. The van der Waals surface area contributed by atoms with E-state index in [4.69, 9.17) is 23.7 Å². The summed E-state index contributed by atoms with van der Waals surface area (Å²) >= 11 is 0. The van der Waals surface area contributed by atoms with Crippen LogP contribution >= 0.6 is 0 Å². The van der Waals surface area contributed by atoms with Gasteiger partial charge in [-0.25, -0.2) is 0 Å². The van der Waals surface area contributed by atoms with Crippen LogP contribution < -0.4 is 23.7 Å². The van der Waals surface area contributed by atoms with Crippen LogP contribution in [0.4, 0.5) is 0 Å². The van der Waals surface area contributed by atoms with Gasteiger partial charge >= 0.3 is 0 Å². The molecule has 1 heterocycles. The first-order chi connectivity index (χ1) is 14.1. The van der Waals surface area contributed by atoms with E-state index in [-0.39, 0.29) is 5.78 Å². The number of hydrogen-bond acceptors (Lipinski definition) is 6. The molecule has 7 heteroatoms. The molecule has 0 aliphatic rings. The summed E-state index contributed by atoms with van der Waals surface area (Å²) in [5.41, 5.74) is 2.07. The van der Waals surface area contributed by atoms with E-state index in [0.29, 0.717) is 34.3 Å². The molecule has 1 aromatic heterocycles. The Hall–Kier alpha value is -3.61. The number of ether oxygens (including phenoxy) is 5. The lowest BCUT2D eigenvalue weighted by molar-refractivity contribution is 0.104. The molecule has 0 atom stereocenters. The number of hydrogen-bond donors (Lipinski definition) is 1. The number of ketones is 1. The maximum atomic E-state index is 12.7. The first-order valence-electron chi connectivity index (χ1n) is 8.82. The van der Waals surface area contributed by atoms with Crippen molar-refractivity contribution in [2.24, 2.45) is 0 Å². The molecule has 0 amide bonds. The standard InChI is InChI=1S/C22H23NO6/c1-25-17-9-7-15-13(12-23-20(15)22(17)29-5)6-8-16(24)14-10-18(26-2)21(28-4)19(11-14)27-3/h6-12,23H,1-5H3/b8-6+. The Balaban J connectivity index is 1.95. The van der Waals surface area contributed by atoms with Crippen molar-refractivity contribution in [2.45, 2.75) is 0 Å². The molecular formula is C22H23NO6. The Bertz CT molecular complexity index is 1040. The second-order valence-electron chi connectivity index (χ2n) is 6.08. The third kappa shape index (κ3) is 3.71. The van der Waals surface area contributed by atoms with Crippen LogP contribution in [0.3, 0.4) is 0 Å². The van der Waals surface area contributed by atoms with Gasteiger partial charge in [-0.1, -0.05) is 0 Å². The number of aromatic nitrogens is 1. The minimum atomic E-state index is -0.195. The molecule has 3 aromatic rings. The molecule has 0 bridgehead atoms. The first-order valence-corrected chi connectivity index (χ1v) is 8.82. The van der Waals surface area contributed by atoms with Crippen LogP contribution in [0.1, 0.15) is 15.9 Å². The maximum absolute atomic E-state index is 12.7. The van der Waals surface area contributed by atoms with E-state index in [2.05, 4.69) is 4.98 Å². The number of H-pyrrole nitrogens is 1. The normalized spacial score (nSPS) is 10.9. The minimum Gasteiger partial charge on any atom is -0.493 e. The average Bonchev–Trinajstić information content (AvgIpc) is 3.18. The molecule has 0 aliphatic carbocycles. The maximum Gasteiger partial charge on any atom is 0.203 e. The van der Waals surface area contributed by atoms with Gasteiger partial charge in [-0.05, 0) is 36.4 Å². The van der Waals surface area contributed by atoms with E-state index < -0.39 is 0 Å². The molecule has 2 aromatic carbocycles. The van der Waals surface area contributed by atoms with Crippen LogP contribution in [-0.2, 0) is 0 Å². The number of nitrogens with one attached hydrogen (secondary N) is 1. The Labute approximate surface area is 168 Å². The summed E-state index contributed by atoms with van der Waals surface area (Å²) in [7, 11) is 7.71. The van der Waals surface area contributed by atoms with E-state index in [1.165, 1.54) is 27.4 Å². The van der Waals surface area contributed by atoms with Gasteiger partial charge in [-0.3, -0.25) is 4.79 Å². The van der Waals surface area contributed by atoms with Gasteiger partial charge in [0.15, 0.2) is 28.8 Å². The molecule has 0 fully saturated rings. The molecule has 0 saturated heterocycles. The molecule has 0 aliphatic heterocycles. The summed E-state index contributed by atoms with van der Waals surface area (Å²) < 4.78 is 26.7. The van der Waals surface area contributed by atoms with Crippen molar-refractivity contribution in [2.75, 3.05) is 35.5 Å². The van der Waals surface area contributed by atoms with Gasteiger partial charge in [0.2, 0.25) is 5.75 Å². The SMILES string of the molecule is COc1cc(C(=O)/C=C/c2c[nH]c3c(OC)c(OC)ccc23)cc(OC)c1OC. The van der Waals surface area contributed by atoms with Gasteiger partial charge in [0.05, 0.1) is 41.1 Å². The predicted octanol–water partition coefficient (Wildman–Crippen LogP) is 4.11. The molecular weight excluding hydrogens is 374 g/mol. The lowest BCUT2D eigenvalue weighted by Gasteiger charge is -2.13. The van der Waals surface area contributed by atoms with Crippen molar-refractivity contribution in [3.63, 3.8) is 0 Å². The van der Waals surface area contributed by atoms with Gasteiger partial charge in [0, 0.05) is 22.7 Å². The summed E-state index contributed by atoms with van der Waals surface area (Å²) in [5.74, 6) is 2.33. The van der Waals surface area contributed by atoms with E-state index in [1.807, 2.05) is 18.3 Å². The average molecular weight is 397 g/mol. The van der Waals surface area contributed by atoms with Gasteiger partial charge in [0.1, 0.15) is 0 Å². The van der Waals surface area contributed by atoms with Crippen LogP contribution in [0.5, 0.6) is 28.7 Å². The van der Waals surface area contributed by atoms with Crippen LogP contribution in [0.2, 0.25) is 0 Å². The largest absolute Gasteiger partial charge is 0.493 e. The van der Waals surface area contributed by atoms with Crippen LogP contribution in [0.25, 0.3) is 17.0 Å². The smallest absolute Gasteiger partial charge is 0.203 e. The monoisotopic (exact) mass is 397 g/mol. The number of allylic oxidation sites excluding steroid dienone is 1. The summed E-state index contributed by atoms with van der Waals surface area (Å²) in [6, 6.07) is 6.98. The Morgan fingerprint density at radius 3 is 2.00 bits per heavy atom. The van der Waals surface area contributed by atoms with Crippen LogP contribution in [-0.4, -0.2) is 46.3 Å². The quantitative estimate of drug-likeness (QED) is 0.455. The van der Waals surface area contributed by atoms with E-state index in [0.717, 1.165) is 16.5 Å². The second-order valence-corrected chi connectivity index (χ2v) is 6.08. The fourth-order valence-corrected chi connectivity index (χ4v) is 3.16. The van der Waals surface area contributed by atoms with Crippen LogP contribution in [0.15, 0.2) is 36.5 Å². The number of benzene rings is 2. The molecule has 0 unspecified atom stereocenters. The van der Waals surface area contributed by atoms with Gasteiger partial charge in [0.25, 0.3) is 0 Å². The number of methoxy groups -OCH3 is 5. The molecule has 1 N–H and O–H groups in total. The number of carbonyl (C=O) groups excluding carboxylic acids is 1. The van der Waals surface area contributed by atoms with E-state index >= 15 is 0 Å². The molecule has 3 rings (SSSR count). The topological polar surface area (TPSA) is 79.0 Å². The zero-order chi connectivity index (χ0) is 21.0. The van der Waals surface area contributed by atoms with Crippen LogP contribution in [0, 0.1) is 0 Å². The number of carbonyl (C=O) groups is 1. The number of fused-ring (bicyclic) bond motifs is 1. The molecule has 152 valence electrons. The summed E-state index contributed by atoms with van der Waals surface area (Å²) in [4.78, 5) is 15.9. The molecule has 0 spiro atoms. The molecule has 29 heavy (non-hydrogen) atoms. The lowest BCUT2D eigenvalue weighted by Crippen LogP contribution is -2.00. The second kappa shape index (κ2) is 8.60. The third-order valence-electron chi connectivity index (χ3n) is 4.59. The Morgan fingerprint density at radius 1 is 0.828 bits per heavy atom. The van der Waals surface area contributed by atoms with Crippen molar-refractivity contribution in [1.82, 2.24) is 4.98 Å². The van der Waals surface area contributed by atoms with Gasteiger partial charge < -0.3 is 28.7 Å². The highest BCUT2D eigenvalue weighted by Crippen LogP contribution is 2.39. The fraction of sp³-hybridized carbons (Fsp3) is 0.227. The summed E-state index contributed by atoms with van der Waals surface area (Å²) in [5, 5.41) is 0.914. The molecule has 0 saturated carbocycles. The van der Waals surface area contributed by atoms with Gasteiger partial charge in [-0.2, -0.15) is 0 Å². The highest BCUT2D eigenvalue weighted by molar-refractivity contribution is 6.08. The summed E-state index contributed by atoms with van der Waals surface area (Å²) in [6.45, 7) is 0. The lowest BCUT2D eigenvalue weighted by atomic mass is 10.1. The summed E-state index contributed by atoms with van der Waals surface area (Å²) in [6.07, 6.45) is 5.06. The highest BCUT2D eigenvalue weighted by atomic mass is 16.5.